The molecule has 0 aromatic carbocycles. The quantitative estimate of drug-likeness (QED) is 0.737. The average Bonchev–Trinajstić information content (AvgIpc) is 1.98. The first-order chi connectivity index (χ1) is 7.13. The summed E-state index contributed by atoms with van der Waals surface area (Å²) < 4.78 is 5.26. The van der Waals surface area contributed by atoms with Gasteiger partial charge in [-0.05, 0) is 33.1 Å². The summed E-state index contributed by atoms with van der Waals surface area (Å²) in [5.74, 6) is -1.43. The van der Waals surface area contributed by atoms with Crippen LogP contribution < -0.4 is 0 Å². The number of hydrogen-bond acceptors (Lipinski definition) is 3. The average molecular weight is 230 g/mol. The second-order valence-corrected chi connectivity index (χ2v) is 5.32. The SMILES string of the molecule is CC(C)[C@@H](CCC(=O)O)C(=O)OC(C)(C)C. The molecular formula is C12H22O4. The van der Waals surface area contributed by atoms with Gasteiger partial charge in [0.1, 0.15) is 5.60 Å². The van der Waals surface area contributed by atoms with Crippen LogP contribution in [0.2, 0.25) is 0 Å². The van der Waals surface area contributed by atoms with Crippen molar-refractivity contribution in [1.29, 1.82) is 0 Å². The van der Waals surface area contributed by atoms with Gasteiger partial charge < -0.3 is 9.84 Å². The largest absolute Gasteiger partial charge is 0.481 e. The molecule has 0 bridgehead atoms. The van der Waals surface area contributed by atoms with Crippen LogP contribution in [0.3, 0.4) is 0 Å². The third-order valence-electron chi connectivity index (χ3n) is 2.18. The third-order valence-corrected chi connectivity index (χ3v) is 2.18. The number of aliphatic carboxylic acids is 1. The van der Waals surface area contributed by atoms with Crippen molar-refractivity contribution in [3.63, 3.8) is 0 Å². The zero-order valence-electron chi connectivity index (χ0n) is 10.7. The second kappa shape index (κ2) is 5.87. The number of carbonyl (C=O) groups excluding carboxylic acids is 1. The van der Waals surface area contributed by atoms with Crippen molar-refractivity contribution in [1.82, 2.24) is 0 Å². The minimum atomic E-state index is -0.880. The summed E-state index contributed by atoms with van der Waals surface area (Å²) in [7, 11) is 0. The van der Waals surface area contributed by atoms with Gasteiger partial charge in [-0.25, -0.2) is 0 Å². The molecule has 4 heteroatoms. The Morgan fingerprint density at radius 1 is 1.25 bits per heavy atom. The minimum absolute atomic E-state index is 0.00207. The lowest BCUT2D eigenvalue weighted by atomic mass is 9.91. The highest BCUT2D eigenvalue weighted by Gasteiger charge is 2.27. The van der Waals surface area contributed by atoms with Crippen molar-refractivity contribution in [3.05, 3.63) is 0 Å². The van der Waals surface area contributed by atoms with Gasteiger partial charge in [0.05, 0.1) is 5.92 Å². The Kier molecular flexibility index (Phi) is 5.48. The van der Waals surface area contributed by atoms with E-state index in [2.05, 4.69) is 0 Å². The second-order valence-electron chi connectivity index (χ2n) is 5.32. The molecule has 0 heterocycles. The molecule has 1 atom stereocenters. The number of carbonyl (C=O) groups is 2. The maximum atomic E-state index is 11.8. The van der Waals surface area contributed by atoms with Gasteiger partial charge in [0.15, 0.2) is 0 Å². The van der Waals surface area contributed by atoms with Crippen molar-refractivity contribution < 1.29 is 19.4 Å². The zero-order valence-corrected chi connectivity index (χ0v) is 10.7. The molecule has 94 valence electrons. The third kappa shape index (κ3) is 6.43. The molecular weight excluding hydrogens is 208 g/mol. The van der Waals surface area contributed by atoms with E-state index in [0.717, 1.165) is 0 Å². The predicted molar refractivity (Wildman–Crippen MR) is 61.0 cm³/mol. The van der Waals surface area contributed by atoms with Gasteiger partial charge in [0.2, 0.25) is 0 Å². The number of esters is 1. The first-order valence-corrected chi connectivity index (χ1v) is 5.58. The van der Waals surface area contributed by atoms with Gasteiger partial charge in [-0.3, -0.25) is 9.59 Å². The first kappa shape index (κ1) is 14.9. The lowest BCUT2D eigenvalue weighted by molar-refractivity contribution is -0.162. The maximum absolute atomic E-state index is 11.8. The standard InChI is InChI=1S/C12H22O4/c1-8(2)9(6-7-10(13)14)11(15)16-12(3,4)5/h8-9H,6-7H2,1-5H3,(H,13,14)/t9-/m1/s1. The molecule has 0 amide bonds. The Balaban J connectivity index is 4.42. The van der Waals surface area contributed by atoms with Gasteiger partial charge in [-0.15, -0.1) is 0 Å². The van der Waals surface area contributed by atoms with E-state index >= 15 is 0 Å². The van der Waals surface area contributed by atoms with Crippen molar-refractivity contribution in [2.24, 2.45) is 11.8 Å². The molecule has 0 aliphatic carbocycles. The summed E-state index contributed by atoms with van der Waals surface area (Å²) >= 11 is 0. The van der Waals surface area contributed by atoms with Crippen molar-refractivity contribution in [2.75, 3.05) is 0 Å². The van der Waals surface area contributed by atoms with Crippen molar-refractivity contribution >= 4 is 11.9 Å². The summed E-state index contributed by atoms with van der Waals surface area (Å²) in [5.41, 5.74) is -0.520. The Morgan fingerprint density at radius 3 is 2.06 bits per heavy atom. The van der Waals surface area contributed by atoms with Crippen LogP contribution in [0.5, 0.6) is 0 Å². The summed E-state index contributed by atoms with van der Waals surface area (Å²) in [6, 6.07) is 0. The molecule has 16 heavy (non-hydrogen) atoms. The van der Waals surface area contributed by atoms with E-state index in [1.54, 1.807) is 20.8 Å². The molecule has 4 nitrogen and oxygen atoms in total. The zero-order chi connectivity index (χ0) is 12.9. The Hall–Kier alpha value is -1.06. The number of rotatable bonds is 5. The summed E-state index contributed by atoms with van der Waals surface area (Å²) in [4.78, 5) is 22.3. The normalized spacial score (nSPS) is 13.6. The monoisotopic (exact) mass is 230 g/mol. The summed E-state index contributed by atoms with van der Waals surface area (Å²) in [6.07, 6.45) is 0.337. The van der Waals surface area contributed by atoms with Gasteiger partial charge in [0, 0.05) is 6.42 Å². The van der Waals surface area contributed by atoms with Crippen LogP contribution in [0.4, 0.5) is 0 Å². The van der Waals surface area contributed by atoms with Gasteiger partial charge >= 0.3 is 11.9 Å². The molecule has 1 N–H and O–H groups in total. The van der Waals surface area contributed by atoms with E-state index in [1.165, 1.54) is 0 Å². The van der Waals surface area contributed by atoms with Crippen molar-refractivity contribution in [2.45, 2.75) is 53.1 Å². The van der Waals surface area contributed by atoms with Crippen molar-refractivity contribution in [3.8, 4) is 0 Å². The number of carboxylic acid groups (broad SMARTS) is 1. The van der Waals surface area contributed by atoms with Crippen LogP contribution in [0.1, 0.15) is 47.5 Å². The van der Waals surface area contributed by atoms with Crippen LogP contribution in [0.25, 0.3) is 0 Å². The number of hydrogen-bond donors (Lipinski definition) is 1. The minimum Gasteiger partial charge on any atom is -0.481 e. The fourth-order valence-electron chi connectivity index (χ4n) is 1.38. The fraction of sp³-hybridized carbons (Fsp3) is 0.833. The molecule has 0 saturated carbocycles. The lowest BCUT2D eigenvalue weighted by Crippen LogP contribution is -2.31. The van der Waals surface area contributed by atoms with Crippen LogP contribution in [0, 0.1) is 11.8 Å². The molecule has 0 spiro atoms. The molecule has 0 fully saturated rings. The summed E-state index contributed by atoms with van der Waals surface area (Å²) in [5, 5.41) is 8.61. The molecule has 0 rings (SSSR count). The number of carboxylic acids is 1. The van der Waals surface area contributed by atoms with E-state index in [4.69, 9.17) is 9.84 Å². The van der Waals surface area contributed by atoms with E-state index in [1.807, 2.05) is 13.8 Å². The Bertz CT molecular complexity index is 250. The Labute approximate surface area is 97.0 Å². The van der Waals surface area contributed by atoms with E-state index in [9.17, 15) is 9.59 Å². The highest BCUT2D eigenvalue weighted by atomic mass is 16.6. The highest BCUT2D eigenvalue weighted by molar-refractivity contribution is 5.74. The summed E-state index contributed by atoms with van der Waals surface area (Å²) in [6.45, 7) is 9.21. The number of ether oxygens (including phenoxy) is 1. The van der Waals surface area contributed by atoms with Gasteiger partial charge in [0.25, 0.3) is 0 Å². The van der Waals surface area contributed by atoms with Crippen LogP contribution in [0.15, 0.2) is 0 Å². The lowest BCUT2D eigenvalue weighted by Gasteiger charge is -2.25. The molecule has 0 saturated heterocycles. The van der Waals surface area contributed by atoms with Crippen LogP contribution in [-0.2, 0) is 14.3 Å². The topological polar surface area (TPSA) is 63.6 Å². The molecule has 0 aliphatic rings. The molecule has 0 aliphatic heterocycles. The molecule has 0 aromatic rings. The van der Waals surface area contributed by atoms with E-state index in [0.29, 0.717) is 6.42 Å². The van der Waals surface area contributed by atoms with Gasteiger partial charge in [-0.1, -0.05) is 13.8 Å². The first-order valence-electron chi connectivity index (χ1n) is 5.58. The van der Waals surface area contributed by atoms with E-state index in [-0.39, 0.29) is 24.2 Å². The molecule has 0 radical (unpaired) electrons. The molecule has 0 unspecified atom stereocenters. The predicted octanol–water partition coefficient (Wildman–Crippen LogP) is 2.47. The van der Waals surface area contributed by atoms with E-state index < -0.39 is 11.6 Å². The van der Waals surface area contributed by atoms with Crippen LogP contribution in [-0.4, -0.2) is 22.6 Å². The smallest absolute Gasteiger partial charge is 0.309 e. The van der Waals surface area contributed by atoms with Crippen LogP contribution >= 0.6 is 0 Å². The van der Waals surface area contributed by atoms with Gasteiger partial charge in [-0.2, -0.15) is 0 Å². The Morgan fingerprint density at radius 2 is 1.75 bits per heavy atom. The molecule has 0 aromatic heterocycles. The fourth-order valence-corrected chi connectivity index (χ4v) is 1.38. The maximum Gasteiger partial charge on any atom is 0.309 e. The highest BCUT2D eigenvalue weighted by Crippen LogP contribution is 2.21.